The van der Waals surface area contributed by atoms with Crippen LogP contribution in [-0.2, 0) is 0 Å². The molecule has 26 heavy (non-hydrogen) atoms. The van der Waals surface area contributed by atoms with Crippen molar-refractivity contribution in [3.05, 3.63) is 41.5 Å². The van der Waals surface area contributed by atoms with Gasteiger partial charge in [0.05, 0.1) is 33.0 Å². The first kappa shape index (κ1) is 17.4. The molecule has 2 aromatic rings. The van der Waals surface area contributed by atoms with Crippen LogP contribution in [0.15, 0.2) is 30.3 Å². The van der Waals surface area contributed by atoms with E-state index >= 15 is 0 Å². The predicted molar refractivity (Wildman–Crippen MR) is 91.3 cm³/mol. The minimum absolute atomic E-state index is 0.000143. The van der Waals surface area contributed by atoms with Crippen LogP contribution in [0.25, 0.3) is 0 Å². The Balaban J connectivity index is 2.06. The summed E-state index contributed by atoms with van der Waals surface area (Å²) < 4.78 is 26.6. The van der Waals surface area contributed by atoms with Gasteiger partial charge in [0.15, 0.2) is 17.3 Å². The number of hydrogen-bond donors (Lipinski definition) is 0. The number of rotatable bonds is 6. The van der Waals surface area contributed by atoms with Crippen molar-refractivity contribution in [3.63, 3.8) is 0 Å². The van der Waals surface area contributed by atoms with E-state index in [1.54, 1.807) is 31.4 Å². The molecule has 0 radical (unpaired) electrons. The molecule has 1 atom stereocenters. The van der Waals surface area contributed by atoms with E-state index in [0.717, 1.165) is 0 Å². The molecule has 0 bridgehead atoms. The monoisotopic (exact) mass is 355 g/mol. The van der Waals surface area contributed by atoms with Crippen LogP contribution in [0, 0.1) is 11.3 Å². The molecule has 7 nitrogen and oxygen atoms in total. The van der Waals surface area contributed by atoms with Gasteiger partial charge in [0.25, 0.3) is 0 Å². The SMILES string of the molecule is COc1ccc([C@@H](C#N)C(=O)c2cc(OC)c3c(c2OC)OCO3)cc1. The number of fused-ring (bicyclic) bond motifs is 1. The van der Waals surface area contributed by atoms with Crippen LogP contribution in [0.2, 0.25) is 0 Å². The van der Waals surface area contributed by atoms with E-state index in [-0.39, 0.29) is 18.1 Å². The molecule has 1 aliphatic heterocycles. The van der Waals surface area contributed by atoms with Crippen molar-refractivity contribution in [2.24, 2.45) is 0 Å². The molecule has 0 saturated heterocycles. The third-order valence-electron chi connectivity index (χ3n) is 4.09. The fraction of sp³-hybridized carbons (Fsp3) is 0.263. The van der Waals surface area contributed by atoms with Gasteiger partial charge in [-0.05, 0) is 23.8 Å². The number of Topliss-reactive ketones (excluding diaryl/α,β-unsaturated/α-hetero) is 1. The predicted octanol–water partition coefficient (Wildman–Crippen LogP) is 2.93. The van der Waals surface area contributed by atoms with Crippen molar-refractivity contribution in [3.8, 4) is 34.8 Å². The molecule has 1 heterocycles. The molecule has 0 amide bonds. The largest absolute Gasteiger partial charge is 0.497 e. The Morgan fingerprint density at radius 2 is 1.77 bits per heavy atom. The first-order chi connectivity index (χ1) is 12.6. The van der Waals surface area contributed by atoms with E-state index in [1.165, 1.54) is 20.3 Å². The fourth-order valence-electron chi connectivity index (χ4n) is 2.79. The molecule has 0 unspecified atom stereocenters. The van der Waals surface area contributed by atoms with E-state index in [9.17, 15) is 10.1 Å². The molecule has 1 aliphatic rings. The molecule has 0 saturated carbocycles. The lowest BCUT2D eigenvalue weighted by molar-refractivity contribution is 0.0974. The number of hydrogen-bond acceptors (Lipinski definition) is 7. The first-order valence-electron chi connectivity index (χ1n) is 7.77. The highest BCUT2D eigenvalue weighted by atomic mass is 16.7. The van der Waals surface area contributed by atoms with E-state index in [4.69, 9.17) is 23.7 Å². The number of ether oxygens (including phenoxy) is 5. The standard InChI is InChI=1S/C19H17NO6/c1-22-12-6-4-11(5-7-12)14(9-20)16(21)13-8-15(23-2)18-19(17(13)24-3)26-10-25-18/h4-8,14H,10H2,1-3H3/t14-/m1/s1. The van der Waals surface area contributed by atoms with Crippen molar-refractivity contribution in [1.29, 1.82) is 5.26 Å². The second-order valence-electron chi connectivity index (χ2n) is 5.42. The summed E-state index contributed by atoms with van der Waals surface area (Å²) in [5.74, 6) is 0.428. The summed E-state index contributed by atoms with van der Waals surface area (Å²) in [6.07, 6.45) is 0. The number of carbonyl (C=O) groups is 1. The number of ketones is 1. The third-order valence-corrected chi connectivity index (χ3v) is 4.09. The number of methoxy groups -OCH3 is 3. The number of carbonyl (C=O) groups excluding carboxylic acids is 1. The summed E-state index contributed by atoms with van der Waals surface area (Å²) >= 11 is 0. The topological polar surface area (TPSA) is 87.0 Å². The lowest BCUT2D eigenvalue weighted by Crippen LogP contribution is -2.13. The summed E-state index contributed by atoms with van der Waals surface area (Å²) in [5, 5.41) is 9.59. The van der Waals surface area contributed by atoms with E-state index in [0.29, 0.717) is 28.6 Å². The smallest absolute Gasteiger partial charge is 0.231 e. The average molecular weight is 355 g/mol. The van der Waals surface area contributed by atoms with Crippen molar-refractivity contribution >= 4 is 5.78 Å². The highest BCUT2D eigenvalue weighted by Crippen LogP contribution is 2.50. The molecule has 2 aromatic carbocycles. The molecule has 0 N–H and O–H groups in total. The summed E-state index contributed by atoms with van der Waals surface area (Å²) in [5.41, 5.74) is 0.743. The van der Waals surface area contributed by atoms with Gasteiger partial charge >= 0.3 is 0 Å². The van der Waals surface area contributed by atoms with Crippen LogP contribution in [0.1, 0.15) is 21.8 Å². The molecule has 0 spiro atoms. The van der Waals surface area contributed by atoms with Crippen LogP contribution in [0.5, 0.6) is 28.7 Å². The lowest BCUT2D eigenvalue weighted by Gasteiger charge is -2.15. The molecular formula is C19H17NO6. The van der Waals surface area contributed by atoms with Crippen LogP contribution in [-0.4, -0.2) is 33.9 Å². The van der Waals surface area contributed by atoms with Gasteiger partial charge in [-0.1, -0.05) is 12.1 Å². The first-order valence-corrected chi connectivity index (χ1v) is 7.77. The van der Waals surface area contributed by atoms with Crippen molar-refractivity contribution in [1.82, 2.24) is 0 Å². The molecular weight excluding hydrogens is 338 g/mol. The Morgan fingerprint density at radius 1 is 1.08 bits per heavy atom. The maximum absolute atomic E-state index is 13.1. The average Bonchev–Trinajstić information content (AvgIpc) is 3.17. The zero-order valence-electron chi connectivity index (χ0n) is 14.6. The Hall–Kier alpha value is -3.40. The Bertz CT molecular complexity index is 869. The van der Waals surface area contributed by atoms with Crippen LogP contribution >= 0.6 is 0 Å². The number of benzene rings is 2. The maximum Gasteiger partial charge on any atom is 0.231 e. The van der Waals surface area contributed by atoms with Gasteiger partial charge in [-0.15, -0.1) is 0 Å². The van der Waals surface area contributed by atoms with Crippen molar-refractivity contribution in [2.45, 2.75) is 5.92 Å². The molecule has 0 aromatic heterocycles. The van der Waals surface area contributed by atoms with Crippen LogP contribution in [0.4, 0.5) is 0 Å². The number of nitriles is 1. The fourth-order valence-corrected chi connectivity index (χ4v) is 2.79. The molecule has 0 fully saturated rings. The van der Waals surface area contributed by atoms with Gasteiger partial charge in [0.2, 0.25) is 18.3 Å². The minimum Gasteiger partial charge on any atom is -0.497 e. The van der Waals surface area contributed by atoms with E-state index in [2.05, 4.69) is 6.07 Å². The minimum atomic E-state index is -1.01. The normalized spacial score (nSPS) is 12.8. The molecule has 3 rings (SSSR count). The molecule has 7 heteroatoms. The summed E-state index contributed by atoms with van der Waals surface area (Å²) in [6, 6.07) is 10.3. The zero-order chi connectivity index (χ0) is 18.7. The van der Waals surface area contributed by atoms with Crippen LogP contribution in [0.3, 0.4) is 0 Å². The summed E-state index contributed by atoms with van der Waals surface area (Å²) in [4.78, 5) is 13.1. The maximum atomic E-state index is 13.1. The van der Waals surface area contributed by atoms with Crippen molar-refractivity contribution in [2.75, 3.05) is 28.1 Å². The zero-order valence-corrected chi connectivity index (χ0v) is 14.6. The lowest BCUT2D eigenvalue weighted by atomic mass is 9.91. The van der Waals surface area contributed by atoms with E-state index < -0.39 is 11.7 Å². The summed E-state index contributed by atoms with van der Waals surface area (Å²) in [7, 11) is 4.43. The molecule has 134 valence electrons. The number of nitrogens with zero attached hydrogens (tertiary/aromatic N) is 1. The van der Waals surface area contributed by atoms with Gasteiger partial charge in [0.1, 0.15) is 11.7 Å². The highest BCUT2D eigenvalue weighted by Gasteiger charge is 2.32. The Morgan fingerprint density at radius 3 is 2.35 bits per heavy atom. The van der Waals surface area contributed by atoms with Gasteiger partial charge in [-0.3, -0.25) is 4.79 Å². The summed E-state index contributed by atoms with van der Waals surface area (Å²) in [6.45, 7) is -0.000143. The second kappa shape index (κ2) is 7.23. The van der Waals surface area contributed by atoms with Crippen molar-refractivity contribution < 1.29 is 28.5 Å². The van der Waals surface area contributed by atoms with E-state index in [1.807, 2.05) is 0 Å². The molecule has 0 aliphatic carbocycles. The Kier molecular flexibility index (Phi) is 4.85. The third kappa shape index (κ3) is 2.86. The van der Waals surface area contributed by atoms with Gasteiger partial charge in [-0.2, -0.15) is 5.26 Å². The van der Waals surface area contributed by atoms with Crippen LogP contribution < -0.4 is 23.7 Å². The van der Waals surface area contributed by atoms with Gasteiger partial charge in [-0.25, -0.2) is 0 Å². The Labute approximate surface area is 150 Å². The second-order valence-corrected chi connectivity index (χ2v) is 5.42. The highest BCUT2D eigenvalue weighted by molar-refractivity contribution is 6.06. The quantitative estimate of drug-likeness (QED) is 0.736. The van der Waals surface area contributed by atoms with Gasteiger partial charge < -0.3 is 23.7 Å². The van der Waals surface area contributed by atoms with Gasteiger partial charge in [0, 0.05) is 0 Å².